The van der Waals surface area contributed by atoms with E-state index >= 15 is 0 Å². The summed E-state index contributed by atoms with van der Waals surface area (Å²) in [4.78, 5) is 0. The summed E-state index contributed by atoms with van der Waals surface area (Å²) in [6, 6.07) is 8.61. The lowest BCUT2D eigenvalue weighted by Crippen LogP contribution is -2.05. The molecule has 1 aliphatic rings. The summed E-state index contributed by atoms with van der Waals surface area (Å²) >= 11 is 0. The number of hydrogen-bond acceptors (Lipinski definition) is 1. The Morgan fingerprint density at radius 1 is 1.13 bits per heavy atom. The molecule has 0 aromatic heterocycles. The fourth-order valence-corrected chi connectivity index (χ4v) is 2.51. The van der Waals surface area contributed by atoms with Crippen molar-refractivity contribution in [1.82, 2.24) is 0 Å². The second-order valence-corrected chi connectivity index (χ2v) is 4.71. The van der Waals surface area contributed by atoms with Crippen LogP contribution in [0.15, 0.2) is 36.4 Å². The van der Waals surface area contributed by atoms with Gasteiger partial charge in [0.05, 0.1) is 0 Å². The molecule has 80 valence electrons. The van der Waals surface area contributed by atoms with Crippen LogP contribution in [-0.4, -0.2) is 10.5 Å². The molecule has 1 aromatic rings. The molecule has 1 aromatic carbocycles. The second-order valence-electron chi connectivity index (χ2n) is 4.30. The summed E-state index contributed by atoms with van der Waals surface area (Å²) in [6.07, 6.45) is 4.92. The lowest BCUT2D eigenvalue weighted by molar-refractivity contribution is 0.517. The lowest BCUT2D eigenvalue weighted by atomic mass is 9.82. The van der Waals surface area contributed by atoms with Crippen LogP contribution in [0.2, 0.25) is 0 Å². The zero-order valence-electron chi connectivity index (χ0n) is 9.33. The molecule has 1 nitrogen and oxygen atoms in total. The van der Waals surface area contributed by atoms with Gasteiger partial charge in [0, 0.05) is 0 Å². The molecule has 0 heterocycles. The largest absolute Gasteiger partial charge is 0.553 e. The minimum absolute atomic E-state index is 0.735. The monoisotopic (exact) mass is 218 g/mol. The van der Waals surface area contributed by atoms with Crippen LogP contribution >= 0.6 is 0 Å². The first kappa shape index (κ1) is 10.5. The van der Waals surface area contributed by atoms with Crippen molar-refractivity contribution in [3.63, 3.8) is 0 Å². The van der Waals surface area contributed by atoms with Crippen LogP contribution in [-0.2, 0) is 0 Å². The Hall–Kier alpha value is -1.02. The SMILES string of the molecule is C=C1CCC(c2ccc(O[SiH3])cc2)CC1. The van der Waals surface area contributed by atoms with E-state index in [4.69, 9.17) is 4.43 Å². The summed E-state index contributed by atoms with van der Waals surface area (Å²) < 4.78 is 5.30. The Balaban J connectivity index is 2.06. The van der Waals surface area contributed by atoms with Crippen molar-refractivity contribution in [2.75, 3.05) is 0 Å². The minimum atomic E-state index is 0.735. The standard InChI is InChI=1S/C13H18OSi/c1-10-2-4-11(5-3-10)12-6-8-13(14-15)9-7-12/h6-9,11H,1-5H2,15H3. The maximum Gasteiger partial charge on any atom is 0.204 e. The molecule has 1 aliphatic carbocycles. The molecule has 0 radical (unpaired) electrons. The van der Waals surface area contributed by atoms with Crippen LogP contribution < -0.4 is 4.43 Å². The van der Waals surface area contributed by atoms with Gasteiger partial charge in [-0.3, -0.25) is 0 Å². The van der Waals surface area contributed by atoms with Crippen LogP contribution in [0.5, 0.6) is 5.75 Å². The van der Waals surface area contributed by atoms with Crippen LogP contribution in [0.1, 0.15) is 37.2 Å². The van der Waals surface area contributed by atoms with E-state index in [2.05, 4.69) is 30.8 Å². The third-order valence-corrected chi connectivity index (χ3v) is 3.75. The van der Waals surface area contributed by atoms with Crippen molar-refractivity contribution in [3.8, 4) is 5.75 Å². The molecule has 0 aliphatic heterocycles. The van der Waals surface area contributed by atoms with Gasteiger partial charge in [0.15, 0.2) is 0 Å². The second kappa shape index (κ2) is 4.66. The van der Waals surface area contributed by atoms with Crippen molar-refractivity contribution in [2.45, 2.75) is 31.6 Å². The van der Waals surface area contributed by atoms with Gasteiger partial charge in [0.25, 0.3) is 0 Å². The van der Waals surface area contributed by atoms with E-state index in [0.717, 1.165) is 22.2 Å². The lowest BCUT2D eigenvalue weighted by Gasteiger charge is -2.23. The summed E-state index contributed by atoms with van der Waals surface area (Å²) in [5.41, 5.74) is 2.88. The van der Waals surface area contributed by atoms with Crippen molar-refractivity contribution in [1.29, 1.82) is 0 Å². The summed E-state index contributed by atoms with van der Waals surface area (Å²) in [5.74, 6) is 1.74. The van der Waals surface area contributed by atoms with E-state index in [1.54, 1.807) is 0 Å². The third kappa shape index (κ3) is 2.51. The molecule has 2 rings (SSSR count). The average molecular weight is 218 g/mol. The number of allylic oxidation sites excluding steroid dienone is 1. The molecule has 15 heavy (non-hydrogen) atoms. The maximum atomic E-state index is 5.30. The topological polar surface area (TPSA) is 9.23 Å². The summed E-state index contributed by atoms with van der Waals surface area (Å²) in [7, 11) is 0.770. The van der Waals surface area contributed by atoms with Gasteiger partial charge < -0.3 is 4.43 Å². The van der Waals surface area contributed by atoms with Crippen LogP contribution in [0.3, 0.4) is 0 Å². The van der Waals surface area contributed by atoms with E-state index in [9.17, 15) is 0 Å². The van der Waals surface area contributed by atoms with Crippen LogP contribution in [0.25, 0.3) is 0 Å². The van der Waals surface area contributed by atoms with Crippen molar-refractivity contribution >= 4 is 10.5 Å². The normalized spacial score (nSPS) is 18.0. The van der Waals surface area contributed by atoms with E-state index in [0.29, 0.717) is 0 Å². The predicted octanol–water partition coefficient (Wildman–Crippen LogP) is 2.56. The van der Waals surface area contributed by atoms with Crippen LogP contribution in [0.4, 0.5) is 0 Å². The zero-order chi connectivity index (χ0) is 10.7. The van der Waals surface area contributed by atoms with E-state index < -0.39 is 0 Å². The molecule has 0 N–H and O–H groups in total. The molecule has 0 bridgehead atoms. The summed E-state index contributed by atoms with van der Waals surface area (Å²) in [6.45, 7) is 4.05. The Bertz CT molecular complexity index is 332. The molecule has 0 unspecified atom stereocenters. The first-order valence-corrected chi connectivity index (χ1v) is 6.42. The molecule has 0 amide bonds. The highest BCUT2D eigenvalue weighted by Crippen LogP contribution is 2.35. The fourth-order valence-electron chi connectivity index (χ4n) is 2.24. The predicted molar refractivity (Wildman–Crippen MR) is 67.4 cm³/mol. The van der Waals surface area contributed by atoms with Crippen molar-refractivity contribution < 1.29 is 4.43 Å². The highest BCUT2D eigenvalue weighted by Gasteiger charge is 2.16. The Labute approximate surface area is 94.7 Å². The fraction of sp³-hybridized carbons (Fsp3) is 0.385. The first-order chi connectivity index (χ1) is 7.29. The summed E-state index contributed by atoms with van der Waals surface area (Å²) in [5, 5.41) is 0. The van der Waals surface area contributed by atoms with Gasteiger partial charge in [-0.25, -0.2) is 0 Å². The van der Waals surface area contributed by atoms with Crippen LogP contribution in [0, 0.1) is 0 Å². The van der Waals surface area contributed by atoms with Crippen molar-refractivity contribution in [2.24, 2.45) is 0 Å². The average Bonchev–Trinajstić information content (AvgIpc) is 2.30. The van der Waals surface area contributed by atoms with E-state index in [1.165, 1.54) is 36.8 Å². The van der Waals surface area contributed by atoms with Gasteiger partial charge in [-0.15, -0.1) is 0 Å². The van der Waals surface area contributed by atoms with Gasteiger partial charge in [0.1, 0.15) is 5.75 Å². The maximum absolute atomic E-state index is 5.30. The minimum Gasteiger partial charge on any atom is -0.553 e. The molecule has 1 saturated carbocycles. The van der Waals surface area contributed by atoms with Gasteiger partial charge >= 0.3 is 0 Å². The molecule has 0 atom stereocenters. The number of hydrogen-bond donors (Lipinski definition) is 0. The molecule has 0 saturated heterocycles. The molecular formula is C13H18OSi. The van der Waals surface area contributed by atoms with Gasteiger partial charge in [-0.2, -0.15) is 0 Å². The molecule has 1 fully saturated rings. The van der Waals surface area contributed by atoms with E-state index in [-0.39, 0.29) is 0 Å². The van der Waals surface area contributed by atoms with E-state index in [1.807, 2.05) is 0 Å². The number of benzene rings is 1. The number of rotatable bonds is 2. The zero-order valence-corrected chi connectivity index (χ0v) is 11.3. The highest BCUT2D eigenvalue weighted by atomic mass is 28.2. The Morgan fingerprint density at radius 2 is 1.73 bits per heavy atom. The molecular weight excluding hydrogens is 200 g/mol. The van der Waals surface area contributed by atoms with Gasteiger partial charge in [-0.05, 0) is 49.3 Å². The van der Waals surface area contributed by atoms with Gasteiger partial charge in [0.2, 0.25) is 10.5 Å². The Morgan fingerprint density at radius 3 is 2.27 bits per heavy atom. The third-order valence-electron chi connectivity index (χ3n) is 3.28. The Kier molecular flexibility index (Phi) is 3.26. The quantitative estimate of drug-likeness (QED) is 0.547. The van der Waals surface area contributed by atoms with Gasteiger partial charge in [-0.1, -0.05) is 24.3 Å². The van der Waals surface area contributed by atoms with Crippen molar-refractivity contribution in [3.05, 3.63) is 42.0 Å². The smallest absolute Gasteiger partial charge is 0.204 e. The first-order valence-electron chi connectivity index (χ1n) is 5.60. The molecule has 2 heteroatoms. The highest BCUT2D eigenvalue weighted by molar-refractivity contribution is 5.99. The molecule has 0 spiro atoms.